The predicted molar refractivity (Wildman–Crippen MR) is 120 cm³/mol. The summed E-state index contributed by atoms with van der Waals surface area (Å²) in [6.45, 7) is 2.82. The Morgan fingerprint density at radius 1 is 1.06 bits per heavy atom. The zero-order valence-electron chi connectivity index (χ0n) is 18.0. The highest BCUT2D eigenvalue weighted by Gasteiger charge is 2.17. The lowest BCUT2D eigenvalue weighted by Gasteiger charge is -2.10. The fourth-order valence-electron chi connectivity index (χ4n) is 2.80. The van der Waals surface area contributed by atoms with E-state index in [1.807, 2.05) is 13.8 Å². The minimum Gasteiger partial charge on any atom is -0.452 e. The number of carbonyl (C=O) groups is 3. The molecule has 10 heteroatoms. The Bertz CT molecular complexity index is 1130. The maximum absolute atomic E-state index is 12.9. The van der Waals surface area contributed by atoms with Gasteiger partial charge in [-0.05, 0) is 50.2 Å². The Balaban J connectivity index is 1.47. The summed E-state index contributed by atoms with van der Waals surface area (Å²) >= 11 is 1.43. The number of hydrogen-bond acceptors (Lipinski definition) is 7. The van der Waals surface area contributed by atoms with Gasteiger partial charge < -0.3 is 19.9 Å². The number of nitrogens with one attached hydrogen (secondary N) is 2. The number of benzene rings is 2. The Kier molecular flexibility index (Phi) is 8.20. The van der Waals surface area contributed by atoms with Gasteiger partial charge in [0.15, 0.2) is 6.61 Å². The summed E-state index contributed by atoms with van der Waals surface area (Å²) in [4.78, 5) is 37.1. The minimum absolute atomic E-state index is 0.322. The van der Waals surface area contributed by atoms with Crippen LogP contribution in [0.15, 0.2) is 57.9 Å². The Hall–Kier alpha value is -3.66. The number of aryl methyl sites for hydroxylation is 2. The maximum Gasteiger partial charge on any atom is 0.339 e. The van der Waals surface area contributed by atoms with E-state index in [2.05, 4.69) is 15.8 Å². The first kappa shape index (κ1) is 24.0. The van der Waals surface area contributed by atoms with Crippen molar-refractivity contribution in [1.82, 2.24) is 10.5 Å². The van der Waals surface area contributed by atoms with Gasteiger partial charge in [0.05, 0.1) is 17.8 Å². The normalized spacial score (nSPS) is 10.5. The van der Waals surface area contributed by atoms with Crippen LogP contribution in [0, 0.1) is 19.7 Å². The average molecular weight is 472 g/mol. The van der Waals surface area contributed by atoms with Crippen molar-refractivity contribution in [2.45, 2.75) is 24.5 Å². The standard InChI is InChI=1S/C23H22FN3O5S/c1-14-19(15(2)32-27-14)13-33-20-6-4-3-5-18(20)23(30)31-12-22(29)25-11-21(28)26-17-9-7-16(24)8-10-17/h3-10H,11-13H2,1-2H3,(H,25,29)(H,26,28). The van der Waals surface area contributed by atoms with E-state index < -0.39 is 30.2 Å². The van der Waals surface area contributed by atoms with Gasteiger partial charge in [0, 0.05) is 21.9 Å². The number of esters is 1. The Morgan fingerprint density at radius 3 is 2.48 bits per heavy atom. The summed E-state index contributed by atoms with van der Waals surface area (Å²) in [5.41, 5.74) is 2.48. The summed E-state index contributed by atoms with van der Waals surface area (Å²) in [6.07, 6.45) is 0. The molecule has 1 aromatic heterocycles. The lowest BCUT2D eigenvalue weighted by molar-refractivity contribution is -0.126. The number of ether oxygens (including phenoxy) is 1. The highest BCUT2D eigenvalue weighted by atomic mass is 32.2. The second-order valence-corrected chi connectivity index (χ2v) is 8.01. The van der Waals surface area contributed by atoms with Crippen molar-refractivity contribution >= 4 is 35.2 Å². The second-order valence-electron chi connectivity index (χ2n) is 7.00. The van der Waals surface area contributed by atoms with Gasteiger partial charge in [0.25, 0.3) is 5.91 Å². The van der Waals surface area contributed by atoms with Gasteiger partial charge >= 0.3 is 5.97 Å². The van der Waals surface area contributed by atoms with E-state index in [-0.39, 0.29) is 6.54 Å². The third-order valence-corrected chi connectivity index (χ3v) is 5.67. The number of nitrogens with zero attached hydrogens (tertiary/aromatic N) is 1. The highest BCUT2D eigenvalue weighted by Crippen LogP contribution is 2.29. The number of carbonyl (C=O) groups excluding carboxylic acids is 3. The molecule has 33 heavy (non-hydrogen) atoms. The number of thioether (sulfide) groups is 1. The fraction of sp³-hybridized carbons (Fsp3) is 0.217. The van der Waals surface area contributed by atoms with Crippen molar-refractivity contribution in [2.24, 2.45) is 0 Å². The third kappa shape index (κ3) is 6.91. The number of hydrogen-bond donors (Lipinski definition) is 2. The first-order valence-electron chi connectivity index (χ1n) is 9.96. The summed E-state index contributed by atoms with van der Waals surface area (Å²) in [7, 11) is 0. The van der Waals surface area contributed by atoms with Crippen LogP contribution in [0.1, 0.15) is 27.4 Å². The van der Waals surface area contributed by atoms with E-state index in [1.54, 1.807) is 24.3 Å². The first-order valence-corrected chi connectivity index (χ1v) is 10.9. The molecular formula is C23H22FN3O5S. The van der Waals surface area contributed by atoms with Crippen molar-refractivity contribution in [1.29, 1.82) is 0 Å². The molecule has 1 heterocycles. The van der Waals surface area contributed by atoms with Crippen molar-refractivity contribution < 1.29 is 28.0 Å². The zero-order chi connectivity index (χ0) is 23.8. The summed E-state index contributed by atoms with van der Waals surface area (Å²) in [6, 6.07) is 12.1. The average Bonchev–Trinajstić information content (AvgIpc) is 3.13. The lowest BCUT2D eigenvalue weighted by atomic mass is 10.2. The van der Waals surface area contributed by atoms with Crippen molar-refractivity contribution in [2.75, 3.05) is 18.5 Å². The summed E-state index contributed by atoms with van der Waals surface area (Å²) < 4.78 is 23.2. The number of aromatic nitrogens is 1. The van der Waals surface area contributed by atoms with Crippen molar-refractivity contribution in [3.8, 4) is 0 Å². The quantitative estimate of drug-likeness (QED) is 0.362. The van der Waals surface area contributed by atoms with E-state index in [0.717, 1.165) is 17.0 Å². The predicted octanol–water partition coefficient (Wildman–Crippen LogP) is 3.63. The molecule has 2 N–H and O–H groups in total. The van der Waals surface area contributed by atoms with Crippen molar-refractivity contribution in [3.05, 3.63) is 76.9 Å². The highest BCUT2D eigenvalue weighted by molar-refractivity contribution is 7.98. The zero-order valence-corrected chi connectivity index (χ0v) is 18.8. The Labute approximate surface area is 193 Å². The molecule has 0 radical (unpaired) electrons. The van der Waals surface area contributed by atoms with Crippen molar-refractivity contribution in [3.63, 3.8) is 0 Å². The van der Waals surface area contributed by atoms with Crippen LogP contribution in [-0.4, -0.2) is 36.1 Å². The summed E-state index contributed by atoms with van der Waals surface area (Å²) in [5, 5.41) is 8.80. The van der Waals surface area contributed by atoms with Gasteiger partial charge in [0.1, 0.15) is 11.6 Å². The number of anilines is 1. The molecule has 3 rings (SSSR count). The van der Waals surface area contributed by atoms with Crippen LogP contribution in [-0.2, 0) is 20.1 Å². The van der Waals surface area contributed by atoms with E-state index in [9.17, 15) is 18.8 Å². The van der Waals surface area contributed by atoms with Crippen LogP contribution in [0.5, 0.6) is 0 Å². The molecule has 8 nitrogen and oxygen atoms in total. The molecule has 0 unspecified atom stereocenters. The molecular weight excluding hydrogens is 449 g/mol. The second kappa shape index (κ2) is 11.3. The van der Waals surface area contributed by atoms with E-state index in [4.69, 9.17) is 9.26 Å². The minimum atomic E-state index is -0.650. The van der Waals surface area contributed by atoms with Crippen LogP contribution in [0.3, 0.4) is 0 Å². The molecule has 0 spiro atoms. The van der Waals surface area contributed by atoms with E-state index in [1.165, 1.54) is 36.0 Å². The maximum atomic E-state index is 12.9. The van der Waals surface area contributed by atoms with Gasteiger partial charge in [-0.25, -0.2) is 9.18 Å². The third-order valence-electron chi connectivity index (χ3n) is 4.57. The summed E-state index contributed by atoms with van der Waals surface area (Å²) in [5.74, 6) is -0.912. The Morgan fingerprint density at radius 2 is 1.79 bits per heavy atom. The molecule has 172 valence electrons. The monoisotopic (exact) mass is 471 g/mol. The van der Waals surface area contributed by atoms with Crippen LogP contribution in [0.25, 0.3) is 0 Å². The molecule has 2 aromatic carbocycles. The molecule has 0 saturated carbocycles. The molecule has 0 saturated heterocycles. The number of amides is 2. The molecule has 0 fully saturated rings. The molecule has 3 aromatic rings. The lowest BCUT2D eigenvalue weighted by Crippen LogP contribution is -2.35. The van der Waals surface area contributed by atoms with Gasteiger partial charge in [-0.3, -0.25) is 9.59 Å². The largest absolute Gasteiger partial charge is 0.452 e. The van der Waals surface area contributed by atoms with Crippen LogP contribution in [0.2, 0.25) is 0 Å². The van der Waals surface area contributed by atoms with E-state index >= 15 is 0 Å². The molecule has 0 aliphatic carbocycles. The van der Waals surface area contributed by atoms with E-state index in [0.29, 0.717) is 21.9 Å². The number of rotatable bonds is 9. The van der Waals surface area contributed by atoms with Crippen LogP contribution < -0.4 is 10.6 Å². The molecule has 0 aliphatic rings. The number of halogens is 1. The smallest absolute Gasteiger partial charge is 0.339 e. The van der Waals surface area contributed by atoms with Crippen LogP contribution >= 0.6 is 11.8 Å². The fourth-order valence-corrected chi connectivity index (χ4v) is 3.99. The van der Waals surface area contributed by atoms with Gasteiger partial charge in [-0.1, -0.05) is 17.3 Å². The topological polar surface area (TPSA) is 111 Å². The van der Waals surface area contributed by atoms with Gasteiger partial charge in [-0.2, -0.15) is 0 Å². The van der Waals surface area contributed by atoms with Gasteiger partial charge in [-0.15, -0.1) is 11.8 Å². The van der Waals surface area contributed by atoms with Gasteiger partial charge in [0.2, 0.25) is 5.91 Å². The van der Waals surface area contributed by atoms with Crippen LogP contribution in [0.4, 0.5) is 10.1 Å². The SMILES string of the molecule is Cc1noc(C)c1CSc1ccccc1C(=O)OCC(=O)NCC(=O)Nc1ccc(F)cc1. The molecule has 2 amide bonds. The molecule has 0 atom stereocenters. The first-order chi connectivity index (χ1) is 15.8. The molecule has 0 aliphatic heterocycles. The molecule has 0 bridgehead atoms.